The summed E-state index contributed by atoms with van der Waals surface area (Å²) in [5.41, 5.74) is 0.598. The summed E-state index contributed by atoms with van der Waals surface area (Å²) in [7, 11) is -4.46. The standard InChI is InChI=1S/C22H19F4N5O4S2/c23-14-5-3-13(4-6-14)17(22(24,25)26)30-21(19(28)32,20(11-27)7-8-20)12-37(33,34)10-16-29-18(31-35-16)15-2-1-9-36-15/h1-6,9,17,30H,7-8,10,12H2,(H2,28,32)/t17-,21-/m0/s1. The lowest BCUT2D eigenvalue weighted by atomic mass is 9.81. The lowest BCUT2D eigenvalue weighted by Gasteiger charge is -2.39. The summed E-state index contributed by atoms with van der Waals surface area (Å²) in [6.45, 7) is 0. The van der Waals surface area contributed by atoms with Crippen molar-refractivity contribution in [3.8, 4) is 16.8 Å². The zero-order valence-electron chi connectivity index (χ0n) is 18.8. The summed E-state index contributed by atoms with van der Waals surface area (Å²) >= 11 is 1.27. The molecule has 1 aliphatic rings. The van der Waals surface area contributed by atoms with Crippen molar-refractivity contribution in [2.24, 2.45) is 11.1 Å². The third kappa shape index (κ3) is 5.36. The number of nitrogens with two attached hydrogens (primary N) is 1. The van der Waals surface area contributed by atoms with E-state index in [0.717, 1.165) is 24.3 Å². The zero-order valence-corrected chi connectivity index (χ0v) is 20.5. The maximum atomic E-state index is 14.2. The van der Waals surface area contributed by atoms with E-state index in [0.29, 0.717) is 4.88 Å². The number of hydrogen-bond donors (Lipinski definition) is 2. The SMILES string of the molecule is N#CC1([C@@](CS(=O)(=O)Cc2nc(-c3cccs3)no2)(N[C@@H](c2ccc(F)cc2)C(F)(F)F)C(N)=O)CC1. The van der Waals surface area contributed by atoms with Crippen molar-refractivity contribution in [1.29, 1.82) is 5.26 Å². The number of carbonyl (C=O) groups excluding carboxylic acids is 1. The first kappa shape index (κ1) is 26.7. The summed E-state index contributed by atoms with van der Waals surface area (Å²) in [5, 5.41) is 17.3. The topological polar surface area (TPSA) is 152 Å². The van der Waals surface area contributed by atoms with Crippen molar-refractivity contribution >= 4 is 27.1 Å². The Bertz CT molecular complexity index is 1430. The van der Waals surface area contributed by atoms with E-state index in [4.69, 9.17) is 10.3 Å². The summed E-state index contributed by atoms with van der Waals surface area (Å²) in [6.07, 6.45) is -5.19. The first-order chi connectivity index (χ1) is 17.3. The molecule has 0 spiro atoms. The first-order valence-corrected chi connectivity index (χ1v) is 13.4. The largest absolute Gasteiger partial charge is 0.407 e. The number of benzene rings is 1. The van der Waals surface area contributed by atoms with Crippen LogP contribution in [0, 0.1) is 22.6 Å². The first-order valence-electron chi connectivity index (χ1n) is 10.7. The molecule has 9 nitrogen and oxygen atoms in total. The molecular formula is C22H19F4N5O4S2. The predicted octanol–water partition coefficient (Wildman–Crippen LogP) is 3.27. The fraction of sp³-hybridized carbons (Fsp3) is 0.364. The number of nitriles is 1. The zero-order chi connectivity index (χ0) is 27.1. The molecule has 2 atom stereocenters. The van der Waals surface area contributed by atoms with Crippen molar-refractivity contribution < 1.29 is 35.3 Å². The highest BCUT2D eigenvalue weighted by Crippen LogP contribution is 2.55. The van der Waals surface area contributed by atoms with Gasteiger partial charge in [0.05, 0.1) is 22.1 Å². The van der Waals surface area contributed by atoms with Crippen LogP contribution in [0.2, 0.25) is 0 Å². The molecule has 1 saturated carbocycles. The molecule has 2 heterocycles. The van der Waals surface area contributed by atoms with Crippen molar-refractivity contribution in [1.82, 2.24) is 15.5 Å². The van der Waals surface area contributed by atoms with Crippen LogP contribution in [0.25, 0.3) is 10.7 Å². The molecule has 196 valence electrons. The van der Waals surface area contributed by atoms with E-state index in [1.54, 1.807) is 23.6 Å². The number of halogens is 4. The van der Waals surface area contributed by atoms with Crippen LogP contribution >= 0.6 is 11.3 Å². The van der Waals surface area contributed by atoms with E-state index >= 15 is 0 Å². The van der Waals surface area contributed by atoms with Crippen LogP contribution in [0.1, 0.15) is 30.3 Å². The van der Waals surface area contributed by atoms with Gasteiger partial charge in [0.1, 0.15) is 23.2 Å². The molecule has 2 aromatic heterocycles. The van der Waals surface area contributed by atoms with Gasteiger partial charge in [0.15, 0.2) is 9.84 Å². The summed E-state index contributed by atoms with van der Waals surface area (Å²) in [4.78, 5) is 17.4. The molecule has 0 bridgehead atoms. The van der Waals surface area contributed by atoms with E-state index in [2.05, 4.69) is 15.5 Å². The molecule has 1 amide bonds. The van der Waals surface area contributed by atoms with Gasteiger partial charge >= 0.3 is 6.18 Å². The average molecular weight is 558 g/mol. The lowest BCUT2D eigenvalue weighted by molar-refractivity contribution is -0.165. The molecule has 15 heteroatoms. The van der Waals surface area contributed by atoms with Crippen LogP contribution in [0.15, 0.2) is 46.3 Å². The Morgan fingerprint density at radius 1 is 1.27 bits per heavy atom. The Kier molecular flexibility index (Phi) is 6.86. The van der Waals surface area contributed by atoms with Crippen LogP contribution in [0.5, 0.6) is 0 Å². The Balaban J connectivity index is 1.71. The van der Waals surface area contributed by atoms with Gasteiger partial charge in [-0.15, -0.1) is 11.3 Å². The number of sulfone groups is 1. The van der Waals surface area contributed by atoms with Crippen molar-refractivity contribution in [2.75, 3.05) is 5.75 Å². The van der Waals surface area contributed by atoms with Crippen LogP contribution in [-0.4, -0.2) is 41.9 Å². The molecule has 1 aromatic carbocycles. The molecular weight excluding hydrogens is 538 g/mol. The fourth-order valence-corrected chi connectivity index (χ4v) is 6.51. The molecule has 0 saturated heterocycles. The maximum absolute atomic E-state index is 14.2. The monoisotopic (exact) mass is 557 g/mol. The van der Waals surface area contributed by atoms with E-state index in [-0.39, 0.29) is 24.6 Å². The highest BCUT2D eigenvalue weighted by Gasteiger charge is 2.67. The van der Waals surface area contributed by atoms with Gasteiger partial charge in [-0.2, -0.15) is 23.4 Å². The smallest absolute Gasteiger partial charge is 0.368 e. The predicted molar refractivity (Wildman–Crippen MR) is 123 cm³/mol. The number of alkyl halides is 3. The number of nitrogens with one attached hydrogen (secondary N) is 1. The van der Waals surface area contributed by atoms with Crippen LogP contribution in [-0.2, 0) is 20.4 Å². The summed E-state index contributed by atoms with van der Waals surface area (Å²) in [5.74, 6) is -4.63. The number of carbonyl (C=O) groups is 1. The number of nitrogens with zero attached hydrogens (tertiary/aromatic N) is 3. The van der Waals surface area contributed by atoms with Crippen molar-refractivity contribution in [3.05, 3.63) is 59.0 Å². The van der Waals surface area contributed by atoms with Gasteiger partial charge in [0, 0.05) is 0 Å². The molecule has 37 heavy (non-hydrogen) atoms. The molecule has 0 radical (unpaired) electrons. The second-order valence-electron chi connectivity index (χ2n) is 8.66. The minimum Gasteiger partial charge on any atom is -0.368 e. The summed E-state index contributed by atoms with van der Waals surface area (Å²) < 4.78 is 87.2. The van der Waals surface area contributed by atoms with E-state index in [1.807, 2.05) is 0 Å². The van der Waals surface area contributed by atoms with E-state index in [9.17, 15) is 36.0 Å². The molecule has 1 fully saturated rings. The highest BCUT2D eigenvalue weighted by atomic mass is 32.2. The average Bonchev–Trinajstić information content (AvgIpc) is 3.19. The van der Waals surface area contributed by atoms with E-state index in [1.165, 1.54) is 11.3 Å². The molecule has 3 N–H and O–H groups in total. The molecule has 3 aromatic rings. The normalized spacial score (nSPS) is 17.5. The minimum atomic E-state index is -5.06. The van der Waals surface area contributed by atoms with Crippen LogP contribution in [0.4, 0.5) is 17.6 Å². The minimum absolute atomic E-state index is 0.0635. The Hall–Kier alpha value is -3.35. The number of hydrogen-bond acceptors (Lipinski definition) is 9. The fourth-order valence-electron chi connectivity index (χ4n) is 4.10. The van der Waals surface area contributed by atoms with Crippen molar-refractivity contribution in [3.63, 3.8) is 0 Å². The lowest BCUT2D eigenvalue weighted by Crippen LogP contribution is -2.67. The summed E-state index contributed by atoms with van der Waals surface area (Å²) in [6, 6.07) is 5.82. The highest BCUT2D eigenvalue weighted by molar-refractivity contribution is 7.90. The Morgan fingerprint density at radius 2 is 1.95 bits per heavy atom. The van der Waals surface area contributed by atoms with Gasteiger partial charge in [0.25, 0.3) is 0 Å². The molecule has 1 aliphatic carbocycles. The van der Waals surface area contributed by atoms with Crippen LogP contribution in [0.3, 0.4) is 0 Å². The molecule has 0 unspecified atom stereocenters. The molecule has 0 aliphatic heterocycles. The maximum Gasteiger partial charge on any atom is 0.407 e. The molecule has 4 rings (SSSR count). The Labute approximate surface area is 212 Å². The quantitative estimate of drug-likeness (QED) is 0.361. The van der Waals surface area contributed by atoms with Gasteiger partial charge in [0.2, 0.25) is 17.6 Å². The van der Waals surface area contributed by atoms with Gasteiger partial charge in [-0.25, -0.2) is 12.8 Å². The third-order valence-electron chi connectivity index (χ3n) is 6.11. The van der Waals surface area contributed by atoms with E-state index < -0.39 is 61.8 Å². The van der Waals surface area contributed by atoms with Gasteiger partial charge in [-0.3, -0.25) is 10.1 Å². The number of aromatic nitrogens is 2. The third-order valence-corrected chi connectivity index (χ3v) is 8.54. The number of thiophene rings is 1. The second-order valence-corrected chi connectivity index (χ2v) is 11.7. The van der Waals surface area contributed by atoms with Crippen molar-refractivity contribution in [2.45, 2.75) is 36.4 Å². The number of rotatable bonds is 10. The van der Waals surface area contributed by atoms with Gasteiger partial charge < -0.3 is 10.3 Å². The van der Waals surface area contributed by atoms with Gasteiger partial charge in [-0.1, -0.05) is 23.4 Å². The second kappa shape index (κ2) is 9.51. The Morgan fingerprint density at radius 3 is 2.46 bits per heavy atom. The number of amides is 1. The number of primary amides is 1. The van der Waals surface area contributed by atoms with Gasteiger partial charge in [-0.05, 0) is 42.0 Å². The van der Waals surface area contributed by atoms with Crippen LogP contribution < -0.4 is 11.1 Å².